The number of hydrogen-bond donors (Lipinski definition) is 2. The minimum atomic E-state index is -4.20. The van der Waals surface area contributed by atoms with E-state index in [1.807, 2.05) is 24.3 Å². The van der Waals surface area contributed by atoms with Gasteiger partial charge in [0.2, 0.25) is 15.9 Å². The number of sulfonamides is 1. The van der Waals surface area contributed by atoms with Crippen molar-refractivity contribution in [2.45, 2.75) is 37.6 Å². The van der Waals surface area contributed by atoms with E-state index in [-0.39, 0.29) is 30.8 Å². The molecule has 2 N–H and O–H groups in total. The van der Waals surface area contributed by atoms with Crippen molar-refractivity contribution >= 4 is 37.6 Å². The number of amides is 1. The molecular weight excluding hydrogens is 552 g/mol. The maximum Gasteiger partial charge on any atom is 0.266 e. The van der Waals surface area contributed by atoms with E-state index in [2.05, 4.69) is 15.5 Å². The summed E-state index contributed by atoms with van der Waals surface area (Å²) in [6.45, 7) is 3.18. The van der Waals surface area contributed by atoms with Gasteiger partial charge in [-0.1, -0.05) is 35.9 Å². The van der Waals surface area contributed by atoms with E-state index in [9.17, 15) is 21.6 Å². The largest absolute Gasteiger partial charge is 0.355 e. The van der Waals surface area contributed by atoms with Gasteiger partial charge in [-0.25, -0.2) is 8.42 Å². The van der Waals surface area contributed by atoms with Crippen LogP contribution in [0.25, 0.3) is 11.1 Å². The second-order valence-electron chi connectivity index (χ2n) is 8.65. The Morgan fingerprint density at radius 1 is 1.08 bits per heavy atom. The molecule has 0 fully saturated rings. The van der Waals surface area contributed by atoms with Crippen LogP contribution in [0.3, 0.4) is 0 Å². The van der Waals surface area contributed by atoms with Gasteiger partial charge in [0.1, 0.15) is 0 Å². The van der Waals surface area contributed by atoms with Gasteiger partial charge in [0.15, 0.2) is 0 Å². The molecule has 3 aromatic rings. The number of aromatic nitrogens is 2. The van der Waals surface area contributed by atoms with Gasteiger partial charge in [-0.2, -0.15) is 22.9 Å². The molecule has 0 saturated carbocycles. The summed E-state index contributed by atoms with van der Waals surface area (Å²) in [6.07, 6.45) is 3.33. The van der Waals surface area contributed by atoms with Crippen LogP contribution < -0.4 is 5.32 Å². The van der Waals surface area contributed by atoms with Crippen LogP contribution in [-0.2, 0) is 24.9 Å². The van der Waals surface area contributed by atoms with Crippen molar-refractivity contribution in [3.05, 3.63) is 77.1 Å². The number of rotatable bonds is 12. The standard InChI is InChI=1S/C25H29ClN4O6S2/c1-18-23(26)8-4-9-24(18)38(35,36)30(14-5-10-25(31)27-13-15-37(32,33)34)19(2)20-6-3-7-21(16-20)22-11-12-28-29-17-22/h3-4,6-9,11-12,16-17,19H,5,10,13-15H2,1-2H3,(H,27,31)(H,32,33,34). The molecule has 0 aliphatic heterocycles. The van der Waals surface area contributed by atoms with Crippen molar-refractivity contribution in [3.8, 4) is 11.1 Å². The highest BCUT2D eigenvalue weighted by atomic mass is 35.5. The number of benzene rings is 2. The minimum absolute atomic E-state index is 0.0161. The summed E-state index contributed by atoms with van der Waals surface area (Å²) in [5.41, 5.74) is 2.83. The van der Waals surface area contributed by atoms with Gasteiger partial charge in [0.05, 0.1) is 23.0 Å². The first-order valence-electron chi connectivity index (χ1n) is 11.8. The summed E-state index contributed by atoms with van der Waals surface area (Å²) in [6, 6.07) is 13.3. The van der Waals surface area contributed by atoms with Crippen molar-refractivity contribution in [2.24, 2.45) is 0 Å². The van der Waals surface area contributed by atoms with Crippen molar-refractivity contribution in [1.82, 2.24) is 19.8 Å². The lowest BCUT2D eigenvalue weighted by atomic mass is 10.0. The molecule has 1 heterocycles. The van der Waals surface area contributed by atoms with Crippen LogP contribution in [0.5, 0.6) is 0 Å². The van der Waals surface area contributed by atoms with Crippen LogP contribution in [0.4, 0.5) is 0 Å². The molecule has 0 aliphatic rings. The fourth-order valence-electron chi connectivity index (χ4n) is 3.92. The molecule has 204 valence electrons. The molecule has 1 atom stereocenters. The summed E-state index contributed by atoms with van der Waals surface area (Å²) in [7, 11) is -8.23. The average molecular weight is 581 g/mol. The first kappa shape index (κ1) is 29.7. The SMILES string of the molecule is Cc1c(Cl)cccc1S(=O)(=O)N(CCCC(=O)NCCS(=O)(=O)O)C(C)c1cccc(-c2ccnnc2)c1. The van der Waals surface area contributed by atoms with E-state index in [4.69, 9.17) is 16.2 Å². The fourth-order valence-corrected chi connectivity index (χ4v) is 6.42. The number of carbonyl (C=O) groups is 1. The third-order valence-electron chi connectivity index (χ3n) is 5.99. The average Bonchev–Trinajstić information content (AvgIpc) is 2.87. The summed E-state index contributed by atoms with van der Waals surface area (Å²) >= 11 is 6.23. The Bertz CT molecular complexity index is 1480. The van der Waals surface area contributed by atoms with Gasteiger partial charge < -0.3 is 5.32 Å². The number of halogens is 1. The Morgan fingerprint density at radius 2 is 1.82 bits per heavy atom. The molecule has 10 nitrogen and oxygen atoms in total. The second kappa shape index (κ2) is 12.8. The first-order valence-corrected chi connectivity index (χ1v) is 15.2. The van der Waals surface area contributed by atoms with Gasteiger partial charge in [-0.15, -0.1) is 0 Å². The predicted octanol–water partition coefficient (Wildman–Crippen LogP) is 3.64. The number of nitrogens with one attached hydrogen (secondary N) is 1. The van der Waals surface area contributed by atoms with Crippen molar-refractivity contribution in [2.75, 3.05) is 18.8 Å². The fraction of sp³-hybridized carbons (Fsp3) is 0.320. The molecule has 0 spiro atoms. The van der Waals surface area contributed by atoms with Crippen molar-refractivity contribution in [1.29, 1.82) is 0 Å². The Hall–Kier alpha value is -2.90. The molecule has 1 aromatic heterocycles. The molecule has 38 heavy (non-hydrogen) atoms. The maximum absolute atomic E-state index is 13.9. The Morgan fingerprint density at radius 3 is 2.50 bits per heavy atom. The van der Waals surface area contributed by atoms with Crippen LogP contribution >= 0.6 is 11.6 Å². The molecule has 3 rings (SSSR count). The summed E-state index contributed by atoms with van der Waals surface area (Å²) in [5, 5.41) is 10.4. The van der Waals surface area contributed by atoms with Crippen molar-refractivity contribution in [3.63, 3.8) is 0 Å². The van der Waals surface area contributed by atoms with Crippen LogP contribution in [0.2, 0.25) is 5.02 Å². The number of hydrogen-bond acceptors (Lipinski definition) is 7. The van der Waals surface area contributed by atoms with Gasteiger partial charge in [-0.3, -0.25) is 9.35 Å². The molecule has 0 aliphatic carbocycles. The van der Waals surface area contributed by atoms with E-state index in [0.717, 1.165) is 16.7 Å². The van der Waals surface area contributed by atoms with E-state index < -0.39 is 37.8 Å². The van der Waals surface area contributed by atoms with Crippen LogP contribution in [-0.4, -0.2) is 60.6 Å². The first-order chi connectivity index (χ1) is 17.9. The monoisotopic (exact) mass is 580 g/mol. The van der Waals surface area contributed by atoms with Crippen molar-refractivity contribution < 1.29 is 26.2 Å². The Balaban J connectivity index is 1.87. The van der Waals surface area contributed by atoms with Gasteiger partial charge in [-0.05, 0) is 61.2 Å². The zero-order valence-electron chi connectivity index (χ0n) is 20.9. The lowest BCUT2D eigenvalue weighted by Crippen LogP contribution is -2.36. The molecule has 0 radical (unpaired) electrons. The highest BCUT2D eigenvalue weighted by molar-refractivity contribution is 7.89. The summed E-state index contributed by atoms with van der Waals surface area (Å²) in [5.74, 6) is -1.06. The highest BCUT2D eigenvalue weighted by Gasteiger charge is 2.31. The van der Waals surface area contributed by atoms with Crippen LogP contribution in [0, 0.1) is 6.92 Å². The summed E-state index contributed by atoms with van der Waals surface area (Å²) in [4.78, 5) is 12.3. The molecule has 13 heteroatoms. The van der Waals surface area contributed by atoms with Crippen LogP contribution in [0.1, 0.15) is 36.9 Å². The van der Waals surface area contributed by atoms with Gasteiger partial charge in [0.25, 0.3) is 10.1 Å². The molecular formula is C25H29ClN4O6S2. The van der Waals surface area contributed by atoms with Gasteiger partial charge >= 0.3 is 0 Å². The quantitative estimate of drug-likeness (QED) is 0.309. The minimum Gasteiger partial charge on any atom is -0.355 e. The Kier molecular flexibility index (Phi) is 9.96. The lowest BCUT2D eigenvalue weighted by molar-refractivity contribution is -0.121. The number of carbonyl (C=O) groups excluding carboxylic acids is 1. The second-order valence-corrected chi connectivity index (χ2v) is 12.5. The molecule has 2 aromatic carbocycles. The molecule has 0 saturated heterocycles. The zero-order chi connectivity index (χ0) is 27.9. The maximum atomic E-state index is 13.9. The number of nitrogens with zero attached hydrogens (tertiary/aromatic N) is 3. The highest BCUT2D eigenvalue weighted by Crippen LogP contribution is 2.33. The molecule has 1 amide bonds. The third-order valence-corrected chi connectivity index (χ3v) is 9.23. The molecule has 1 unspecified atom stereocenters. The van der Waals surface area contributed by atoms with Crippen LogP contribution in [0.15, 0.2) is 65.8 Å². The zero-order valence-corrected chi connectivity index (χ0v) is 23.3. The van der Waals surface area contributed by atoms with E-state index >= 15 is 0 Å². The normalized spacial score (nSPS) is 12.9. The lowest BCUT2D eigenvalue weighted by Gasteiger charge is -2.30. The van der Waals surface area contributed by atoms with E-state index in [0.29, 0.717) is 10.6 Å². The smallest absolute Gasteiger partial charge is 0.266 e. The Labute approximate surface area is 227 Å². The third kappa shape index (κ3) is 7.81. The summed E-state index contributed by atoms with van der Waals surface area (Å²) < 4.78 is 59.6. The topological polar surface area (TPSA) is 147 Å². The van der Waals surface area contributed by atoms with E-state index in [1.54, 1.807) is 44.4 Å². The predicted molar refractivity (Wildman–Crippen MR) is 145 cm³/mol. The molecule has 0 bridgehead atoms. The van der Waals surface area contributed by atoms with E-state index in [1.165, 1.54) is 10.4 Å². The van der Waals surface area contributed by atoms with Gasteiger partial charge in [0, 0.05) is 36.1 Å².